The SMILES string of the molecule is Cc1c(C)c(-c2c(F)c(F)c(F)c(F)c2F)c(C)c(C)c1B(c1c(C)c(C)c(-c2c(F)c(F)c(F)c(F)c2F)c(C)c1C)c1c(C)c(C)c(-c2c(F)c(F)c(F)c(F)c2F)c(C)c1C. The van der Waals surface area contributed by atoms with Gasteiger partial charge in [0.05, 0.1) is 16.7 Å². The monoisotopic (exact) mass is 908 g/mol. The quantitative estimate of drug-likeness (QED) is 0.0676. The highest BCUT2D eigenvalue weighted by Gasteiger charge is 2.39. The van der Waals surface area contributed by atoms with Gasteiger partial charge < -0.3 is 0 Å². The van der Waals surface area contributed by atoms with Crippen LogP contribution < -0.4 is 16.4 Å². The third kappa shape index (κ3) is 6.55. The highest BCUT2D eigenvalue weighted by molar-refractivity contribution is 6.97. The molecule has 6 rings (SSSR count). The summed E-state index contributed by atoms with van der Waals surface area (Å²) in [7, 11) is 0. The summed E-state index contributed by atoms with van der Waals surface area (Å²) in [4.78, 5) is 0. The van der Waals surface area contributed by atoms with Crippen molar-refractivity contribution in [3.05, 3.63) is 154 Å². The van der Waals surface area contributed by atoms with Crippen LogP contribution in [0.5, 0.6) is 0 Å². The van der Waals surface area contributed by atoms with Crippen LogP contribution in [-0.4, -0.2) is 6.71 Å². The van der Waals surface area contributed by atoms with Crippen molar-refractivity contribution < 1.29 is 65.9 Å². The molecular weight excluding hydrogens is 872 g/mol. The molecule has 0 aliphatic heterocycles. The molecule has 0 aromatic heterocycles. The number of hydrogen-bond donors (Lipinski definition) is 0. The molecule has 16 heteroatoms. The van der Waals surface area contributed by atoms with E-state index in [9.17, 15) is 39.5 Å². The van der Waals surface area contributed by atoms with Gasteiger partial charge in [-0.05, 0) is 133 Å². The van der Waals surface area contributed by atoms with E-state index in [-0.39, 0.29) is 83.5 Å². The molecule has 0 bridgehead atoms. The van der Waals surface area contributed by atoms with Crippen LogP contribution >= 0.6 is 0 Å². The van der Waals surface area contributed by atoms with E-state index < -0.39 is 111 Å². The second-order valence-electron chi connectivity index (χ2n) is 16.1. The van der Waals surface area contributed by atoms with Gasteiger partial charge in [0.15, 0.2) is 69.8 Å². The first-order valence-electron chi connectivity index (χ1n) is 19.5. The molecule has 0 nitrogen and oxygen atoms in total. The molecule has 0 saturated carbocycles. The fourth-order valence-corrected chi connectivity index (χ4v) is 9.35. The van der Waals surface area contributed by atoms with Crippen molar-refractivity contribution in [2.75, 3.05) is 0 Å². The molecule has 0 heterocycles. The predicted octanol–water partition coefficient (Wildman–Crippen LogP) is 13.0. The second-order valence-corrected chi connectivity index (χ2v) is 16.1. The van der Waals surface area contributed by atoms with Crippen molar-refractivity contribution in [2.24, 2.45) is 0 Å². The lowest BCUT2D eigenvalue weighted by Gasteiger charge is -2.33. The van der Waals surface area contributed by atoms with Crippen LogP contribution in [0.1, 0.15) is 66.8 Å². The van der Waals surface area contributed by atoms with Crippen LogP contribution in [0.2, 0.25) is 0 Å². The molecule has 336 valence electrons. The molecule has 0 atom stereocenters. The van der Waals surface area contributed by atoms with E-state index in [1.807, 2.05) is 0 Å². The minimum Gasteiger partial charge on any atom is -0.203 e. The summed E-state index contributed by atoms with van der Waals surface area (Å²) in [5, 5.41) is 0. The van der Waals surface area contributed by atoms with Gasteiger partial charge in [-0.3, -0.25) is 0 Å². The molecule has 64 heavy (non-hydrogen) atoms. The Morgan fingerprint density at radius 3 is 0.438 bits per heavy atom. The average molecular weight is 909 g/mol. The summed E-state index contributed by atoms with van der Waals surface area (Å²) in [5.41, 5.74) is -2.06. The Kier molecular flexibility index (Phi) is 12.2. The zero-order valence-electron chi connectivity index (χ0n) is 36.2. The van der Waals surface area contributed by atoms with E-state index >= 15 is 26.3 Å². The molecule has 0 aliphatic rings. The third-order valence-corrected chi connectivity index (χ3v) is 13.3. The van der Waals surface area contributed by atoms with Gasteiger partial charge in [-0.25, -0.2) is 65.9 Å². The van der Waals surface area contributed by atoms with Crippen molar-refractivity contribution in [3.63, 3.8) is 0 Å². The number of benzene rings is 6. The first-order chi connectivity index (χ1) is 29.6. The van der Waals surface area contributed by atoms with Gasteiger partial charge in [-0.2, -0.15) is 0 Å². The van der Waals surface area contributed by atoms with Gasteiger partial charge in [-0.15, -0.1) is 0 Å². The summed E-state index contributed by atoms with van der Waals surface area (Å²) in [6, 6.07) is 0. The number of hydrogen-bond acceptors (Lipinski definition) is 0. The molecule has 0 saturated heterocycles. The summed E-state index contributed by atoms with van der Waals surface area (Å²) in [5.74, 6) is -32.9. The Morgan fingerprint density at radius 1 is 0.172 bits per heavy atom. The lowest BCUT2D eigenvalue weighted by atomic mass is 9.32. The highest BCUT2D eigenvalue weighted by Crippen LogP contribution is 2.42. The minimum absolute atomic E-state index is 0.0369. The van der Waals surface area contributed by atoms with Crippen LogP contribution in [0.25, 0.3) is 33.4 Å². The second kappa shape index (κ2) is 16.4. The largest absolute Gasteiger partial charge is 0.243 e. The third-order valence-electron chi connectivity index (χ3n) is 13.3. The number of rotatable bonds is 6. The lowest BCUT2D eigenvalue weighted by molar-refractivity contribution is 0.381. The van der Waals surface area contributed by atoms with Gasteiger partial charge in [0.25, 0.3) is 0 Å². The molecule has 0 unspecified atom stereocenters. The van der Waals surface area contributed by atoms with Gasteiger partial charge in [-0.1, -0.05) is 49.8 Å². The zero-order valence-corrected chi connectivity index (χ0v) is 36.2. The van der Waals surface area contributed by atoms with Crippen molar-refractivity contribution in [3.8, 4) is 33.4 Å². The van der Waals surface area contributed by atoms with E-state index in [0.717, 1.165) is 0 Å². The molecule has 0 aliphatic carbocycles. The van der Waals surface area contributed by atoms with Crippen molar-refractivity contribution in [1.29, 1.82) is 0 Å². The Labute approximate surface area is 358 Å². The molecule has 0 fully saturated rings. The molecular formula is C48H36BF15. The fourth-order valence-electron chi connectivity index (χ4n) is 9.35. The van der Waals surface area contributed by atoms with Gasteiger partial charge in [0.2, 0.25) is 24.2 Å². The van der Waals surface area contributed by atoms with Crippen molar-refractivity contribution in [2.45, 2.75) is 83.1 Å². The summed E-state index contributed by atoms with van der Waals surface area (Å²) >= 11 is 0. The van der Waals surface area contributed by atoms with Crippen LogP contribution in [0, 0.1) is 170 Å². The summed E-state index contributed by atoms with van der Waals surface area (Å²) in [6.07, 6.45) is 0. The molecule has 0 N–H and O–H groups in total. The zero-order chi connectivity index (χ0) is 48.4. The van der Waals surface area contributed by atoms with Crippen LogP contribution in [-0.2, 0) is 0 Å². The van der Waals surface area contributed by atoms with E-state index in [1.54, 1.807) is 0 Å². The predicted molar refractivity (Wildman–Crippen MR) is 217 cm³/mol. The van der Waals surface area contributed by atoms with E-state index in [1.165, 1.54) is 83.1 Å². The standard InChI is InChI=1S/C48H36BF15/c1-13-19(7)31(20(8)14(2)25(13)28-34(50)40(56)46(62)41(57)35(28)51)49(32-21(9)15(3)26(16(4)22(32)10)29-36(52)42(58)47(63)43(59)37(29)53)33-23(11)17(5)27(18(6)24(33)12)30-38(54)44(60)48(64)45(61)39(30)55/h1-12H3. The maximum atomic E-state index is 15.5. The Bertz CT molecular complexity index is 2570. The van der Waals surface area contributed by atoms with E-state index in [2.05, 4.69) is 0 Å². The Balaban J connectivity index is 1.84. The molecule has 0 radical (unpaired) electrons. The first kappa shape index (κ1) is 47.8. The van der Waals surface area contributed by atoms with Crippen LogP contribution in [0.4, 0.5) is 65.9 Å². The van der Waals surface area contributed by atoms with Crippen molar-refractivity contribution >= 4 is 23.1 Å². The van der Waals surface area contributed by atoms with Crippen molar-refractivity contribution in [1.82, 2.24) is 0 Å². The first-order valence-corrected chi connectivity index (χ1v) is 19.5. The Morgan fingerprint density at radius 2 is 0.297 bits per heavy atom. The molecule has 6 aromatic carbocycles. The minimum atomic E-state index is -2.38. The maximum absolute atomic E-state index is 15.5. The smallest absolute Gasteiger partial charge is 0.203 e. The topological polar surface area (TPSA) is 0 Å². The normalized spacial score (nSPS) is 11.7. The summed E-state index contributed by atoms with van der Waals surface area (Å²) in [6.45, 7) is 16.1. The summed E-state index contributed by atoms with van der Waals surface area (Å²) < 4.78 is 224. The van der Waals surface area contributed by atoms with Crippen LogP contribution in [0.15, 0.2) is 0 Å². The highest BCUT2D eigenvalue weighted by atomic mass is 19.2. The molecule has 0 spiro atoms. The van der Waals surface area contributed by atoms with Gasteiger partial charge in [0, 0.05) is 0 Å². The Hall–Kier alpha value is -5.67. The number of halogens is 15. The fraction of sp³-hybridized carbons (Fsp3) is 0.250. The van der Waals surface area contributed by atoms with Crippen LogP contribution in [0.3, 0.4) is 0 Å². The maximum Gasteiger partial charge on any atom is 0.243 e. The molecule has 6 aromatic rings. The molecule has 0 amide bonds. The van der Waals surface area contributed by atoms with Gasteiger partial charge >= 0.3 is 0 Å². The van der Waals surface area contributed by atoms with Gasteiger partial charge in [0.1, 0.15) is 0 Å². The van der Waals surface area contributed by atoms with E-state index in [0.29, 0.717) is 16.4 Å². The lowest BCUT2D eigenvalue weighted by Crippen LogP contribution is -2.58. The van der Waals surface area contributed by atoms with E-state index in [4.69, 9.17) is 0 Å². The average Bonchev–Trinajstić information content (AvgIpc) is 3.26.